The fraction of sp³-hybridized carbons (Fsp3) is 0.938. The lowest BCUT2D eigenvalue weighted by Crippen LogP contribution is -2.47. The predicted molar refractivity (Wildman–Crippen MR) is 81.6 cm³/mol. The van der Waals surface area contributed by atoms with Crippen LogP contribution in [0.4, 0.5) is 0 Å². The molecule has 0 unspecified atom stereocenters. The molecule has 1 saturated carbocycles. The first kappa shape index (κ1) is 15.8. The van der Waals surface area contributed by atoms with Crippen LogP contribution in [0, 0.1) is 0 Å². The molecule has 20 heavy (non-hydrogen) atoms. The minimum Gasteiger partial charge on any atom is -0.411 e. The highest BCUT2D eigenvalue weighted by atomic mass is 16.5. The van der Waals surface area contributed by atoms with E-state index in [-0.39, 0.29) is 0 Å². The van der Waals surface area contributed by atoms with Crippen molar-refractivity contribution in [2.24, 2.45) is 5.16 Å². The number of hydrogen-bond acceptors (Lipinski definition) is 4. The average Bonchev–Trinajstić information content (AvgIpc) is 2.49. The Hall–Kier alpha value is -0.610. The first-order chi connectivity index (χ1) is 9.92. The SMILES string of the molecule is O/N=C1\CCCCCCCCCC[C@@H]1N1CCOCC1. The second kappa shape index (κ2) is 9.35. The van der Waals surface area contributed by atoms with Gasteiger partial charge in [0.15, 0.2) is 0 Å². The van der Waals surface area contributed by atoms with Gasteiger partial charge in [0, 0.05) is 13.1 Å². The van der Waals surface area contributed by atoms with Gasteiger partial charge in [-0.3, -0.25) is 4.90 Å². The molecule has 1 aliphatic heterocycles. The first-order valence-corrected chi connectivity index (χ1v) is 8.44. The van der Waals surface area contributed by atoms with Gasteiger partial charge in [0.1, 0.15) is 0 Å². The Kier molecular flexibility index (Phi) is 7.37. The molecule has 4 nitrogen and oxygen atoms in total. The summed E-state index contributed by atoms with van der Waals surface area (Å²) < 4.78 is 5.45. The standard InChI is InChI=1S/C16H30N2O2/c19-17-15-9-7-5-3-1-2-4-6-8-10-16(15)18-11-13-20-14-12-18/h16,19H,1-14H2/b17-15+/t16-/m0/s1. The van der Waals surface area contributed by atoms with Gasteiger partial charge in [-0.1, -0.05) is 50.1 Å². The van der Waals surface area contributed by atoms with Crippen molar-refractivity contribution in [3.05, 3.63) is 0 Å². The molecular formula is C16H30N2O2. The van der Waals surface area contributed by atoms with Gasteiger partial charge in [0.05, 0.1) is 25.0 Å². The van der Waals surface area contributed by atoms with Crippen molar-refractivity contribution >= 4 is 5.71 Å². The predicted octanol–water partition coefficient (Wildman–Crippen LogP) is 3.43. The summed E-state index contributed by atoms with van der Waals surface area (Å²) in [7, 11) is 0. The lowest BCUT2D eigenvalue weighted by atomic mass is 9.95. The monoisotopic (exact) mass is 282 g/mol. The third-order valence-corrected chi connectivity index (χ3v) is 4.66. The summed E-state index contributed by atoms with van der Waals surface area (Å²) in [6, 6.07) is 0.336. The number of hydrogen-bond donors (Lipinski definition) is 1. The molecule has 4 heteroatoms. The van der Waals surface area contributed by atoms with Crippen molar-refractivity contribution < 1.29 is 9.94 Å². The minimum atomic E-state index is 0.336. The maximum Gasteiger partial charge on any atom is 0.0742 e. The molecule has 1 aliphatic carbocycles. The van der Waals surface area contributed by atoms with E-state index >= 15 is 0 Å². The van der Waals surface area contributed by atoms with Crippen LogP contribution in [-0.2, 0) is 4.74 Å². The van der Waals surface area contributed by atoms with E-state index in [0.717, 1.165) is 44.9 Å². The van der Waals surface area contributed by atoms with Gasteiger partial charge in [-0.2, -0.15) is 0 Å². The molecule has 0 aromatic rings. The van der Waals surface area contributed by atoms with E-state index in [1.807, 2.05) is 0 Å². The molecule has 0 aromatic heterocycles. The number of ether oxygens (including phenoxy) is 1. The third-order valence-electron chi connectivity index (χ3n) is 4.66. The van der Waals surface area contributed by atoms with Crippen molar-refractivity contribution in [1.82, 2.24) is 4.90 Å². The highest BCUT2D eigenvalue weighted by molar-refractivity contribution is 5.89. The van der Waals surface area contributed by atoms with Crippen LogP contribution >= 0.6 is 0 Å². The number of oxime groups is 1. The average molecular weight is 282 g/mol. The highest BCUT2D eigenvalue weighted by Gasteiger charge is 2.25. The van der Waals surface area contributed by atoms with Crippen LogP contribution in [0.2, 0.25) is 0 Å². The van der Waals surface area contributed by atoms with Crippen molar-refractivity contribution in [2.45, 2.75) is 70.3 Å². The molecule has 0 aromatic carbocycles. The topological polar surface area (TPSA) is 45.1 Å². The van der Waals surface area contributed by atoms with E-state index in [0.29, 0.717) is 6.04 Å². The van der Waals surface area contributed by atoms with Crippen LogP contribution in [0.1, 0.15) is 64.2 Å². The maximum absolute atomic E-state index is 9.43. The molecule has 2 fully saturated rings. The summed E-state index contributed by atoms with van der Waals surface area (Å²) in [6.45, 7) is 3.58. The van der Waals surface area contributed by atoms with Crippen LogP contribution in [0.25, 0.3) is 0 Å². The van der Waals surface area contributed by atoms with E-state index in [9.17, 15) is 5.21 Å². The van der Waals surface area contributed by atoms with E-state index in [1.54, 1.807) is 0 Å². The van der Waals surface area contributed by atoms with Gasteiger partial charge in [0.2, 0.25) is 0 Å². The molecule has 0 radical (unpaired) electrons. The maximum atomic E-state index is 9.43. The number of morpholine rings is 1. The van der Waals surface area contributed by atoms with Crippen molar-refractivity contribution in [1.29, 1.82) is 0 Å². The fourth-order valence-electron chi connectivity index (χ4n) is 3.44. The van der Waals surface area contributed by atoms with E-state index in [4.69, 9.17) is 4.74 Å². The zero-order chi connectivity index (χ0) is 14.0. The van der Waals surface area contributed by atoms with Crippen LogP contribution in [0.5, 0.6) is 0 Å². The molecule has 0 bridgehead atoms. The van der Waals surface area contributed by atoms with Gasteiger partial charge in [-0.15, -0.1) is 0 Å². The first-order valence-electron chi connectivity index (χ1n) is 8.44. The van der Waals surface area contributed by atoms with E-state index in [1.165, 1.54) is 51.4 Å². The minimum absolute atomic E-state index is 0.336. The number of nitrogens with zero attached hydrogens (tertiary/aromatic N) is 2. The van der Waals surface area contributed by atoms with Gasteiger partial charge in [-0.05, 0) is 19.3 Å². The van der Waals surface area contributed by atoms with E-state index < -0.39 is 0 Å². The van der Waals surface area contributed by atoms with Crippen LogP contribution in [0.3, 0.4) is 0 Å². The Balaban J connectivity index is 1.96. The Morgan fingerprint density at radius 3 is 2.15 bits per heavy atom. The Bertz CT molecular complexity index is 288. The van der Waals surface area contributed by atoms with Crippen LogP contribution in [-0.4, -0.2) is 48.2 Å². The largest absolute Gasteiger partial charge is 0.411 e. The number of rotatable bonds is 1. The fourth-order valence-corrected chi connectivity index (χ4v) is 3.44. The zero-order valence-corrected chi connectivity index (χ0v) is 12.7. The molecule has 1 N–H and O–H groups in total. The molecule has 2 aliphatic rings. The zero-order valence-electron chi connectivity index (χ0n) is 12.7. The van der Waals surface area contributed by atoms with Gasteiger partial charge in [-0.25, -0.2) is 0 Å². The summed E-state index contributed by atoms with van der Waals surface area (Å²) in [6.07, 6.45) is 12.6. The molecular weight excluding hydrogens is 252 g/mol. The quantitative estimate of drug-likeness (QED) is 0.592. The van der Waals surface area contributed by atoms with Gasteiger partial charge in [0.25, 0.3) is 0 Å². The van der Waals surface area contributed by atoms with Crippen molar-refractivity contribution in [2.75, 3.05) is 26.3 Å². The summed E-state index contributed by atoms with van der Waals surface area (Å²) in [5.41, 5.74) is 1.01. The lowest BCUT2D eigenvalue weighted by Gasteiger charge is -2.35. The summed E-state index contributed by atoms with van der Waals surface area (Å²) in [5.74, 6) is 0. The Morgan fingerprint density at radius 2 is 1.50 bits per heavy atom. The molecule has 2 rings (SSSR count). The van der Waals surface area contributed by atoms with E-state index in [2.05, 4.69) is 10.1 Å². The Morgan fingerprint density at radius 1 is 0.900 bits per heavy atom. The van der Waals surface area contributed by atoms with Crippen LogP contribution < -0.4 is 0 Å². The molecule has 1 heterocycles. The summed E-state index contributed by atoms with van der Waals surface area (Å²) in [5, 5.41) is 13.1. The second-order valence-corrected chi connectivity index (χ2v) is 6.12. The molecule has 0 spiro atoms. The smallest absolute Gasteiger partial charge is 0.0742 e. The summed E-state index contributed by atoms with van der Waals surface area (Å²) >= 11 is 0. The normalized spacial score (nSPS) is 30.6. The van der Waals surface area contributed by atoms with Gasteiger partial charge < -0.3 is 9.94 Å². The Labute approximate surface area is 123 Å². The molecule has 1 saturated heterocycles. The lowest BCUT2D eigenvalue weighted by molar-refractivity contribution is 0.0263. The van der Waals surface area contributed by atoms with Crippen molar-refractivity contribution in [3.8, 4) is 0 Å². The molecule has 1 atom stereocenters. The van der Waals surface area contributed by atoms with Crippen LogP contribution in [0.15, 0.2) is 5.16 Å². The molecule has 0 amide bonds. The molecule has 116 valence electrons. The van der Waals surface area contributed by atoms with Crippen molar-refractivity contribution in [3.63, 3.8) is 0 Å². The third kappa shape index (κ3) is 5.06. The second-order valence-electron chi connectivity index (χ2n) is 6.12. The highest BCUT2D eigenvalue weighted by Crippen LogP contribution is 2.20. The van der Waals surface area contributed by atoms with Gasteiger partial charge >= 0.3 is 0 Å². The summed E-state index contributed by atoms with van der Waals surface area (Å²) in [4.78, 5) is 2.46.